The second-order valence-electron chi connectivity index (χ2n) is 7.45. The Bertz CT molecular complexity index is 974. The zero-order chi connectivity index (χ0) is 19.8. The zero-order valence-electron chi connectivity index (χ0n) is 16.0. The highest BCUT2D eigenvalue weighted by atomic mass is 16.2. The third-order valence-electron chi connectivity index (χ3n) is 5.49. The maximum absolute atomic E-state index is 12.4. The van der Waals surface area contributed by atoms with Crippen LogP contribution in [0.3, 0.4) is 0 Å². The van der Waals surface area contributed by atoms with E-state index in [2.05, 4.69) is 15.3 Å². The van der Waals surface area contributed by atoms with Gasteiger partial charge >= 0.3 is 0 Å². The predicted octanol–water partition coefficient (Wildman–Crippen LogP) is -0.342. The van der Waals surface area contributed by atoms with E-state index in [1.54, 1.807) is 28.3 Å². The van der Waals surface area contributed by atoms with Crippen molar-refractivity contribution in [2.24, 2.45) is 0 Å². The number of aromatic nitrogens is 5. The van der Waals surface area contributed by atoms with Crippen molar-refractivity contribution >= 4 is 11.8 Å². The molecule has 0 bridgehead atoms. The van der Waals surface area contributed by atoms with Crippen LogP contribution in [0.4, 0.5) is 0 Å². The minimum Gasteiger partial charge on any atom is -0.337 e. The first-order valence-electron chi connectivity index (χ1n) is 9.41. The van der Waals surface area contributed by atoms with E-state index in [4.69, 9.17) is 0 Å². The van der Waals surface area contributed by atoms with E-state index < -0.39 is 0 Å². The van der Waals surface area contributed by atoms with Crippen LogP contribution in [-0.2, 0) is 22.7 Å². The van der Waals surface area contributed by atoms with Gasteiger partial charge in [-0.2, -0.15) is 0 Å². The van der Waals surface area contributed by atoms with Crippen LogP contribution in [0.25, 0.3) is 0 Å². The Labute approximate surface area is 161 Å². The van der Waals surface area contributed by atoms with E-state index >= 15 is 0 Å². The molecule has 2 aliphatic rings. The smallest absolute Gasteiger partial charge is 0.256 e. The van der Waals surface area contributed by atoms with Gasteiger partial charge in [-0.15, -0.1) is 5.10 Å². The lowest BCUT2D eigenvalue weighted by molar-refractivity contribution is -0.138. The monoisotopic (exact) mass is 385 g/mol. The molecule has 10 nitrogen and oxygen atoms in total. The molecular formula is C18H23N7O3. The molecule has 0 aliphatic carbocycles. The molecule has 2 aromatic heterocycles. The van der Waals surface area contributed by atoms with Crippen molar-refractivity contribution in [3.8, 4) is 0 Å². The van der Waals surface area contributed by atoms with Crippen molar-refractivity contribution < 1.29 is 9.59 Å². The average Bonchev–Trinajstić information content (AvgIpc) is 3.24. The summed E-state index contributed by atoms with van der Waals surface area (Å²) in [6.45, 7) is 5.77. The average molecular weight is 385 g/mol. The molecule has 28 heavy (non-hydrogen) atoms. The second kappa shape index (κ2) is 7.17. The van der Waals surface area contributed by atoms with Gasteiger partial charge in [0.15, 0.2) is 0 Å². The van der Waals surface area contributed by atoms with Gasteiger partial charge in [-0.25, -0.2) is 9.67 Å². The van der Waals surface area contributed by atoms with Crippen molar-refractivity contribution in [3.05, 3.63) is 39.8 Å². The molecule has 0 spiro atoms. The summed E-state index contributed by atoms with van der Waals surface area (Å²) in [6.07, 6.45) is 4.76. The summed E-state index contributed by atoms with van der Waals surface area (Å²) in [5.41, 5.74) is 1.81. The fraction of sp³-hybridized carbons (Fsp3) is 0.556. The number of likely N-dealkylation sites (tertiary alicyclic amines) is 2. The van der Waals surface area contributed by atoms with Gasteiger partial charge in [0.25, 0.3) is 5.56 Å². The molecule has 2 aliphatic heterocycles. The molecule has 4 heterocycles. The molecular weight excluding hydrogens is 362 g/mol. The van der Waals surface area contributed by atoms with E-state index in [-0.39, 0.29) is 30.0 Å². The van der Waals surface area contributed by atoms with Crippen LogP contribution in [0.2, 0.25) is 0 Å². The maximum atomic E-state index is 12.4. The van der Waals surface area contributed by atoms with Gasteiger partial charge in [0.1, 0.15) is 12.2 Å². The first-order chi connectivity index (χ1) is 13.4. The lowest BCUT2D eigenvalue weighted by atomic mass is 10.1. The van der Waals surface area contributed by atoms with Gasteiger partial charge < -0.3 is 9.80 Å². The van der Waals surface area contributed by atoms with Crippen molar-refractivity contribution in [1.29, 1.82) is 0 Å². The first kappa shape index (κ1) is 18.3. The van der Waals surface area contributed by atoms with E-state index in [0.29, 0.717) is 37.3 Å². The summed E-state index contributed by atoms with van der Waals surface area (Å²) in [4.78, 5) is 44.0. The van der Waals surface area contributed by atoms with Crippen LogP contribution in [-0.4, -0.2) is 65.8 Å². The van der Waals surface area contributed by atoms with Gasteiger partial charge in [-0.05, 0) is 20.3 Å². The summed E-state index contributed by atoms with van der Waals surface area (Å²) in [5.74, 6) is 0.0393. The Kier molecular flexibility index (Phi) is 4.70. The molecule has 2 amide bonds. The summed E-state index contributed by atoms with van der Waals surface area (Å²) in [6, 6.07) is 0.0640. The van der Waals surface area contributed by atoms with Crippen molar-refractivity contribution in [2.45, 2.75) is 45.8 Å². The number of carbonyl (C=O) groups is 2. The second-order valence-corrected chi connectivity index (χ2v) is 7.45. The topological polar surface area (TPSA) is 106 Å². The predicted molar refractivity (Wildman–Crippen MR) is 98.3 cm³/mol. The Balaban J connectivity index is 1.32. The lowest BCUT2D eigenvalue weighted by Gasteiger charge is -2.38. The van der Waals surface area contributed by atoms with Crippen LogP contribution in [0, 0.1) is 13.8 Å². The standard InChI is InChI=1S/C18H23N7O3/c1-12-13(2)19-11-24(18(12)28)10-17(27)23-8-15(9-23)25-7-14(20-21-25)6-22-5-3-4-16(22)26/h7,11,15H,3-6,8-10H2,1-2H3. The van der Waals surface area contributed by atoms with E-state index in [9.17, 15) is 14.4 Å². The van der Waals surface area contributed by atoms with Gasteiger partial charge in [0.05, 0.1) is 25.1 Å². The fourth-order valence-corrected chi connectivity index (χ4v) is 3.49. The van der Waals surface area contributed by atoms with Gasteiger partial charge in [0, 0.05) is 37.3 Å². The van der Waals surface area contributed by atoms with Gasteiger partial charge in [-0.3, -0.25) is 19.0 Å². The Morgan fingerprint density at radius 1 is 1.25 bits per heavy atom. The Hall–Kier alpha value is -3.04. The third-order valence-corrected chi connectivity index (χ3v) is 5.49. The van der Waals surface area contributed by atoms with Crippen LogP contribution in [0.5, 0.6) is 0 Å². The largest absolute Gasteiger partial charge is 0.337 e. The van der Waals surface area contributed by atoms with Gasteiger partial charge in [-0.1, -0.05) is 5.21 Å². The number of amides is 2. The number of hydrogen-bond donors (Lipinski definition) is 0. The third kappa shape index (κ3) is 3.41. The molecule has 0 N–H and O–H groups in total. The minimum absolute atomic E-state index is 0.0145. The van der Waals surface area contributed by atoms with Crippen LogP contribution >= 0.6 is 0 Å². The van der Waals surface area contributed by atoms with E-state index in [1.165, 1.54) is 10.9 Å². The molecule has 0 radical (unpaired) electrons. The molecule has 148 valence electrons. The molecule has 2 aromatic rings. The zero-order valence-corrected chi connectivity index (χ0v) is 16.0. The molecule has 10 heteroatoms. The molecule has 0 saturated carbocycles. The summed E-state index contributed by atoms with van der Waals surface area (Å²) in [5, 5.41) is 8.29. The molecule has 2 saturated heterocycles. The highest BCUT2D eigenvalue weighted by molar-refractivity contribution is 5.78. The van der Waals surface area contributed by atoms with E-state index in [0.717, 1.165) is 18.7 Å². The van der Waals surface area contributed by atoms with Crippen molar-refractivity contribution in [3.63, 3.8) is 0 Å². The van der Waals surface area contributed by atoms with Crippen molar-refractivity contribution in [1.82, 2.24) is 34.3 Å². The van der Waals surface area contributed by atoms with Gasteiger partial charge in [0.2, 0.25) is 11.8 Å². The summed E-state index contributed by atoms with van der Waals surface area (Å²) >= 11 is 0. The van der Waals surface area contributed by atoms with Crippen LogP contribution < -0.4 is 5.56 Å². The molecule has 0 unspecified atom stereocenters. The highest BCUT2D eigenvalue weighted by Gasteiger charge is 2.33. The van der Waals surface area contributed by atoms with Crippen molar-refractivity contribution in [2.75, 3.05) is 19.6 Å². The van der Waals surface area contributed by atoms with Crippen LogP contribution in [0.1, 0.15) is 35.8 Å². The summed E-state index contributed by atoms with van der Waals surface area (Å²) < 4.78 is 3.10. The first-order valence-corrected chi connectivity index (χ1v) is 9.41. The molecule has 2 fully saturated rings. The molecule has 0 atom stereocenters. The highest BCUT2D eigenvalue weighted by Crippen LogP contribution is 2.21. The number of aryl methyl sites for hydroxylation is 1. The number of carbonyl (C=O) groups excluding carboxylic acids is 2. The fourth-order valence-electron chi connectivity index (χ4n) is 3.49. The number of rotatable bonds is 5. The molecule has 0 aromatic carbocycles. The molecule has 4 rings (SSSR count). The lowest BCUT2D eigenvalue weighted by Crippen LogP contribution is -2.52. The summed E-state index contributed by atoms with van der Waals surface area (Å²) in [7, 11) is 0. The quantitative estimate of drug-likeness (QED) is 0.697. The Morgan fingerprint density at radius 2 is 2.04 bits per heavy atom. The van der Waals surface area contributed by atoms with Crippen LogP contribution in [0.15, 0.2) is 17.3 Å². The Morgan fingerprint density at radius 3 is 2.75 bits per heavy atom. The van der Waals surface area contributed by atoms with E-state index in [1.807, 2.05) is 6.20 Å². The SMILES string of the molecule is Cc1ncn(CC(=O)N2CC(n3cc(CN4CCCC4=O)nn3)C2)c(=O)c1C. The minimum atomic E-state index is -0.185. The normalized spacial score (nSPS) is 17.3. The number of hydrogen-bond acceptors (Lipinski definition) is 6. The number of nitrogens with zero attached hydrogens (tertiary/aromatic N) is 7. The maximum Gasteiger partial charge on any atom is 0.256 e.